The van der Waals surface area contributed by atoms with Crippen LogP contribution in [-0.4, -0.2) is 18.6 Å². The molecule has 0 amide bonds. The third-order valence-corrected chi connectivity index (χ3v) is 4.46. The van der Waals surface area contributed by atoms with E-state index in [1.54, 1.807) is 6.07 Å². The van der Waals surface area contributed by atoms with Crippen molar-refractivity contribution in [2.45, 2.75) is 18.2 Å². The number of nitrogens with one attached hydrogen (secondary N) is 2. The van der Waals surface area contributed by atoms with Crippen molar-refractivity contribution < 1.29 is 17.2 Å². The predicted octanol–water partition coefficient (Wildman–Crippen LogP) is 2.98. The third-order valence-electron chi connectivity index (χ3n) is 2.79. The van der Waals surface area contributed by atoms with Gasteiger partial charge in [-0.05, 0) is 25.1 Å². The van der Waals surface area contributed by atoms with Crippen molar-refractivity contribution >= 4 is 27.3 Å². The standard InChI is InChI=1S/C12H9ClF2N4O2S/c1-6-10(11(12(14)15)18-17-6)19-22(20,21)8-2-3-9(13)7(4-8)5-16/h2-4,12,19H,1H3,(H,17,18). The second kappa shape index (κ2) is 5.90. The summed E-state index contributed by atoms with van der Waals surface area (Å²) in [6.07, 6.45) is -2.94. The van der Waals surface area contributed by atoms with E-state index in [1.807, 2.05) is 4.72 Å². The topological polar surface area (TPSA) is 98.6 Å². The second-order valence-corrected chi connectivity index (χ2v) is 6.36. The number of anilines is 1. The number of benzene rings is 1. The van der Waals surface area contributed by atoms with Gasteiger partial charge in [0, 0.05) is 0 Å². The first-order valence-corrected chi connectivity index (χ1v) is 7.68. The molecule has 1 aromatic heterocycles. The van der Waals surface area contributed by atoms with Crippen LogP contribution in [0.25, 0.3) is 0 Å². The summed E-state index contributed by atoms with van der Waals surface area (Å²) < 4.78 is 52.2. The molecule has 0 aliphatic heterocycles. The van der Waals surface area contributed by atoms with E-state index in [9.17, 15) is 17.2 Å². The van der Waals surface area contributed by atoms with Crippen molar-refractivity contribution in [3.8, 4) is 6.07 Å². The molecule has 6 nitrogen and oxygen atoms in total. The lowest BCUT2D eigenvalue weighted by atomic mass is 10.2. The summed E-state index contributed by atoms with van der Waals surface area (Å²) in [5, 5.41) is 14.6. The molecule has 22 heavy (non-hydrogen) atoms. The van der Waals surface area contributed by atoms with Gasteiger partial charge in [0.2, 0.25) is 0 Å². The first-order chi connectivity index (χ1) is 10.3. The molecule has 0 spiro atoms. The molecular weight excluding hydrogens is 338 g/mol. The minimum Gasteiger partial charge on any atom is -0.280 e. The molecule has 2 rings (SSSR count). The molecule has 0 aliphatic rings. The molecule has 1 heterocycles. The van der Waals surface area contributed by atoms with Crippen molar-refractivity contribution in [1.29, 1.82) is 5.26 Å². The lowest BCUT2D eigenvalue weighted by molar-refractivity contribution is 0.147. The minimum atomic E-state index is -4.16. The van der Waals surface area contributed by atoms with Gasteiger partial charge in [-0.3, -0.25) is 9.82 Å². The summed E-state index contributed by atoms with van der Waals surface area (Å²) >= 11 is 5.73. The zero-order valence-electron chi connectivity index (χ0n) is 11.1. The Labute approximate surface area is 129 Å². The van der Waals surface area contributed by atoms with Crippen molar-refractivity contribution in [1.82, 2.24) is 10.2 Å². The van der Waals surface area contributed by atoms with Crippen LogP contribution in [0.3, 0.4) is 0 Å². The third kappa shape index (κ3) is 3.03. The normalized spacial score (nSPS) is 11.5. The van der Waals surface area contributed by atoms with Gasteiger partial charge in [-0.1, -0.05) is 11.6 Å². The number of hydrogen-bond donors (Lipinski definition) is 2. The van der Waals surface area contributed by atoms with Gasteiger partial charge in [-0.2, -0.15) is 10.4 Å². The molecule has 0 unspecified atom stereocenters. The van der Waals surface area contributed by atoms with Crippen LogP contribution < -0.4 is 4.72 Å². The highest BCUT2D eigenvalue weighted by atomic mass is 35.5. The summed E-state index contributed by atoms with van der Waals surface area (Å²) in [6.45, 7) is 1.40. The molecule has 0 atom stereocenters. The number of halogens is 3. The van der Waals surface area contributed by atoms with E-state index < -0.39 is 22.1 Å². The highest BCUT2D eigenvalue weighted by molar-refractivity contribution is 7.92. The Morgan fingerprint density at radius 3 is 2.73 bits per heavy atom. The molecule has 0 fully saturated rings. The Bertz CT molecular complexity index is 858. The number of aromatic nitrogens is 2. The van der Waals surface area contributed by atoms with Crippen LogP contribution in [-0.2, 0) is 10.0 Å². The highest BCUT2D eigenvalue weighted by Crippen LogP contribution is 2.30. The van der Waals surface area contributed by atoms with E-state index in [1.165, 1.54) is 19.1 Å². The van der Waals surface area contributed by atoms with Crippen LogP contribution >= 0.6 is 11.6 Å². The minimum absolute atomic E-state index is 0.0393. The SMILES string of the molecule is Cc1[nH]nc(C(F)F)c1NS(=O)(=O)c1ccc(Cl)c(C#N)c1. The zero-order chi connectivity index (χ0) is 16.5. The van der Waals surface area contributed by atoms with Gasteiger partial charge in [0.05, 0.1) is 26.9 Å². The number of rotatable bonds is 4. The second-order valence-electron chi connectivity index (χ2n) is 4.27. The van der Waals surface area contributed by atoms with Gasteiger partial charge in [-0.25, -0.2) is 17.2 Å². The van der Waals surface area contributed by atoms with Crippen LogP contribution in [0.1, 0.15) is 23.4 Å². The quantitative estimate of drug-likeness (QED) is 0.889. The van der Waals surface area contributed by atoms with Gasteiger partial charge >= 0.3 is 0 Å². The summed E-state index contributed by atoms with van der Waals surface area (Å²) in [6, 6.07) is 5.21. The first kappa shape index (κ1) is 16.2. The average Bonchev–Trinajstić information content (AvgIpc) is 2.80. The fraction of sp³-hybridized carbons (Fsp3) is 0.167. The highest BCUT2D eigenvalue weighted by Gasteiger charge is 2.24. The number of alkyl halides is 2. The Hall–Kier alpha value is -2.18. The van der Waals surface area contributed by atoms with Crippen LogP contribution in [0.15, 0.2) is 23.1 Å². The number of nitriles is 1. The summed E-state index contributed by atoms with van der Waals surface area (Å²) in [5.41, 5.74) is -0.908. The molecule has 10 heteroatoms. The van der Waals surface area contributed by atoms with Crippen molar-refractivity contribution in [3.63, 3.8) is 0 Å². The fourth-order valence-electron chi connectivity index (χ4n) is 1.69. The van der Waals surface area contributed by atoms with E-state index >= 15 is 0 Å². The maximum atomic E-state index is 12.8. The maximum Gasteiger partial charge on any atom is 0.284 e. The number of H-pyrrole nitrogens is 1. The molecule has 0 saturated heterocycles. The Balaban J connectivity index is 2.45. The summed E-state index contributed by atoms with van der Waals surface area (Å²) in [5.74, 6) is 0. The molecule has 0 radical (unpaired) electrons. The van der Waals surface area contributed by atoms with E-state index in [-0.39, 0.29) is 26.9 Å². The van der Waals surface area contributed by atoms with Crippen LogP contribution in [0.2, 0.25) is 5.02 Å². The van der Waals surface area contributed by atoms with Crippen LogP contribution in [0, 0.1) is 18.3 Å². The van der Waals surface area contributed by atoms with Crippen molar-refractivity contribution in [2.24, 2.45) is 0 Å². The molecule has 2 aromatic rings. The molecule has 116 valence electrons. The lowest BCUT2D eigenvalue weighted by Gasteiger charge is -2.09. The van der Waals surface area contributed by atoms with Gasteiger partial charge in [-0.15, -0.1) is 0 Å². The number of nitrogens with zero attached hydrogens (tertiary/aromatic N) is 2. The Morgan fingerprint density at radius 1 is 1.45 bits per heavy atom. The Morgan fingerprint density at radius 2 is 2.14 bits per heavy atom. The van der Waals surface area contributed by atoms with E-state index in [4.69, 9.17) is 16.9 Å². The maximum absolute atomic E-state index is 12.8. The van der Waals surface area contributed by atoms with Crippen molar-refractivity contribution in [3.05, 3.63) is 40.2 Å². The van der Waals surface area contributed by atoms with Gasteiger partial charge < -0.3 is 0 Å². The van der Waals surface area contributed by atoms with Gasteiger partial charge in [0.1, 0.15) is 6.07 Å². The molecule has 2 N–H and O–H groups in total. The number of hydrogen-bond acceptors (Lipinski definition) is 4. The van der Waals surface area contributed by atoms with Crippen molar-refractivity contribution in [2.75, 3.05) is 4.72 Å². The molecule has 0 saturated carbocycles. The van der Waals surface area contributed by atoms with Crippen LogP contribution in [0.5, 0.6) is 0 Å². The smallest absolute Gasteiger partial charge is 0.280 e. The monoisotopic (exact) mass is 346 g/mol. The van der Waals surface area contributed by atoms with E-state index in [0.717, 1.165) is 6.07 Å². The largest absolute Gasteiger partial charge is 0.284 e. The molecule has 0 aliphatic carbocycles. The fourth-order valence-corrected chi connectivity index (χ4v) is 3.01. The van der Waals surface area contributed by atoms with E-state index in [0.29, 0.717) is 0 Å². The molecule has 0 bridgehead atoms. The number of aromatic amines is 1. The van der Waals surface area contributed by atoms with Gasteiger partial charge in [0.15, 0.2) is 5.69 Å². The zero-order valence-corrected chi connectivity index (χ0v) is 12.6. The van der Waals surface area contributed by atoms with Gasteiger partial charge in [0.25, 0.3) is 16.4 Å². The summed E-state index contributed by atoms with van der Waals surface area (Å²) in [4.78, 5) is -0.269. The first-order valence-electron chi connectivity index (χ1n) is 5.81. The lowest BCUT2D eigenvalue weighted by Crippen LogP contribution is -2.14. The molecular formula is C12H9ClF2N4O2S. The summed E-state index contributed by atoms with van der Waals surface area (Å²) in [7, 11) is -4.16. The van der Waals surface area contributed by atoms with E-state index in [2.05, 4.69) is 10.2 Å². The predicted molar refractivity (Wildman–Crippen MR) is 75.3 cm³/mol. The molecule has 1 aromatic carbocycles. The average molecular weight is 347 g/mol. The number of aryl methyl sites for hydroxylation is 1. The number of sulfonamides is 1. The van der Waals surface area contributed by atoms with Crippen LogP contribution in [0.4, 0.5) is 14.5 Å². The Kier molecular flexibility index (Phi) is 4.35.